The maximum atomic E-state index is 13.1. The minimum atomic E-state index is -0.734. The average molecular weight is 479 g/mol. The van der Waals surface area contributed by atoms with Crippen molar-refractivity contribution in [3.63, 3.8) is 0 Å². The lowest BCUT2D eigenvalue weighted by Crippen LogP contribution is -2.47. The fourth-order valence-electron chi connectivity index (χ4n) is 6.92. The van der Waals surface area contributed by atoms with E-state index in [1.807, 2.05) is 18.2 Å². The monoisotopic (exact) mass is 478 g/mol. The number of anilines is 1. The maximum Gasteiger partial charge on any atom is 0.224 e. The van der Waals surface area contributed by atoms with Gasteiger partial charge in [0.25, 0.3) is 0 Å². The molecule has 4 saturated carbocycles. The number of aliphatic hydroxyl groups excluding tert-OH is 2. The van der Waals surface area contributed by atoms with Crippen LogP contribution in [0.2, 0.25) is 5.02 Å². The summed E-state index contributed by atoms with van der Waals surface area (Å²) in [4.78, 5) is 17.8. The summed E-state index contributed by atoms with van der Waals surface area (Å²) in [7, 11) is 0. The van der Waals surface area contributed by atoms with Gasteiger partial charge in [-0.2, -0.15) is 0 Å². The van der Waals surface area contributed by atoms with Crippen molar-refractivity contribution < 1.29 is 15.0 Å². The number of hydrogen-bond donors (Lipinski definition) is 3. The summed E-state index contributed by atoms with van der Waals surface area (Å²) in [6.07, 6.45) is 8.64. The van der Waals surface area contributed by atoms with Gasteiger partial charge in [-0.1, -0.05) is 11.6 Å². The lowest BCUT2D eigenvalue weighted by atomic mass is 9.49. The van der Waals surface area contributed by atoms with Crippen LogP contribution in [0.5, 0.6) is 0 Å². The Labute approximate surface area is 200 Å². The Morgan fingerprint density at radius 1 is 1.12 bits per heavy atom. The number of carbonyl (C=O) groups excluding carboxylic acids is 1. The lowest BCUT2D eigenvalue weighted by molar-refractivity contribution is -0.124. The topological polar surface area (TPSA) is 82.5 Å². The summed E-state index contributed by atoms with van der Waals surface area (Å²) in [6, 6.07) is 7.48. The Kier molecular flexibility index (Phi) is 7.02. The van der Waals surface area contributed by atoms with E-state index in [-0.39, 0.29) is 30.3 Å². The van der Waals surface area contributed by atoms with Gasteiger partial charge in [-0.05, 0) is 98.8 Å². The van der Waals surface area contributed by atoms with Gasteiger partial charge in [0.05, 0.1) is 28.9 Å². The first-order valence-electron chi connectivity index (χ1n) is 11.6. The van der Waals surface area contributed by atoms with Crippen molar-refractivity contribution >= 4 is 46.5 Å². The number of rotatable bonds is 7. The van der Waals surface area contributed by atoms with E-state index in [4.69, 9.17) is 16.7 Å². The van der Waals surface area contributed by atoms with E-state index in [1.165, 1.54) is 38.5 Å². The molecule has 3 N–H and O–H groups in total. The van der Waals surface area contributed by atoms with E-state index in [9.17, 15) is 9.90 Å². The van der Waals surface area contributed by atoms with Crippen molar-refractivity contribution in [3.05, 3.63) is 35.0 Å². The molecule has 0 aliphatic heterocycles. The number of hydrogen-bond acceptors (Lipinski definition) is 4. The number of carbonyl (C=O) groups is 1. The number of amides is 1. The van der Waals surface area contributed by atoms with E-state index >= 15 is 0 Å². The first kappa shape index (κ1) is 23.7. The van der Waals surface area contributed by atoms with Crippen LogP contribution >= 0.6 is 24.0 Å². The summed E-state index contributed by atoms with van der Waals surface area (Å²) in [5.41, 5.74) is 2.44. The predicted octanol–water partition coefficient (Wildman–Crippen LogP) is 5.14. The van der Waals surface area contributed by atoms with Crippen molar-refractivity contribution in [2.45, 2.75) is 63.9 Å². The quantitative estimate of drug-likeness (QED) is 0.514. The van der Waals surface area contributed by atoms with Crippen LogP contribution in [-0.2, 0) is 11.2 Å². The first-order valence-corrected chi connectivity index (χ1v) is 12.0. The summed E-state index contributed by atoms with van der Waals surface area (Å²) >= 11 is 6.48. The molecule has 1 unspecified atom stereocenters. The molecule has 1 aromatic carbocycles. The van der Waals surface area contributed by atoms with Crippen LogP contribution in [0.25, 0.3) is 10.9 Å². The molecule has 1 aromatic heterocycles. The largest absolute Gasteiger partial charge is 0.394 e. The molecule has 6 rings (SSSR count). The van der Waals surface area contributed by atoms with E-state index < -0.39 is 6.10 Å². The predicted molar refractivity (Wildman–Crippen MR) is 129 cm³/mol. The number of benzene rings is 1. The zero-order chi connectivity index (χ0) is 21.6. The SMILES string of the molecule is Cl.O=C(CC12CC3CC(CC(C3)C1)C2)Nc1c(Cl)ccc2nc(CCC(O)CO)ccc12. The van der Waals surface area contributed by atoms with Gasteiger partial charge in [-0.25, -0.2) is 0 Å². The number of fused-ring (bicyclic) bond motifs is 1. The molecule has 4 fully saturated rings. The number of nitrogens with one attached hydrogen (secondary N) is 1. The van der Waals surface area contributed by atoms with Crippen LogP contribution < -0.4 is 5.32 Å². The molecule has 0 saturated heterocycles. The molecular weight excluding hydrogens is 447 g/mol. The molecule has 174 valence electrons. The number of aromatic nitrogens is 1. The molecule has 32 heavy (non-hydrogen) atoms. The van der Waals surface area contributed by atoms with Crippen LogP contribution in [0.15, 0.2) is 24.3 Å². The van der Waals surface area contributed by atoms with E-state index in [2.05, 4.69) is 10.3 Å². The molecule has 1 heterocycles. The Balaban J connectivity index is 0.00000245. The summed E-state index contributed by atoms with van der Waals surface area (Å²) in [5, 5.41) is 23.1. The van der Waals surface area contributed by atoms with Gasteiger partial charge >= 0.3 is 0 Å². The van der Waals surface area contributed by atoms with Gasteiger partial charge in [-0.15, -0.1) is 12.4 Å². The van der Waals surface area contributed by atoms with E-state index in [1.54, 1.807) is 6.07 Å². The van der Waals surface area contributed by atoms with Crippen molar-refractivity contribution in [1.29, 1.82) is 0 Å². The van der Waals surface area contributed by atoms with Gasteiger partial charge in [0, 0.05) is 17.5 Å². The zero-order valence-corrected chi connectivity index (χ0v) is 19.8. The van der Waals surface area contributed by atoms with Crippen LogP contribution in [0.1, 0.15) is 57.1 Å². The first-order chi connectivity index (χ1) is 14.9. The van der Waals surface area contributed by atoms with Gasteiger partial charge in [-0.3, -0.25) is 9.78 Å². The normalized spacial score (nSPS) is 29.0. The van der Waals surface area contributed by atoms with Crippen LogP contribution in [0.4, 0.5) is 5.69 Å². The van der Waals surface area contributed by atoms with Gasteiger partial charge in [0.15, 0.2) is 0 Å². The number of pyridine rings is 1. The fourth-order valence-corrected chi connectivity index (χ4v) is 7.13. The highest BCUT2D eigenvalue weighted by atomic mass is 35.5. The minimum Gasteiger partial charge on any atom is -0.394 e. The third-order valence-corrected chi connectivity index (χ3v) is 8.10. The number of nitrogens with zero attached hydrogens (tertiary/aromatic N) is 1. The molecule has 4 aliphatic carbocycles. The fraction of sp³-hybridized carbons (Fsp3) is 0.600. The van der Waals surface area contributed by atoms with Crippen LogP contribution in [0, 0.1) is 23.2 Å². The summed E-state index contributed by atoms with van der Waals surface area (Å²) in [5.74, 6) is 2.54. The summed E-state index contributed by atoms with van der Waals surface area (Å²) < 4.78 is 0. The Bertz CT molecular complexity index is 961. The lowest BCUT2D eigenvalue weighted by Gasteiger charge is -2.56. The second-order valence-electron chi connectivity index (χ2n) is 10.3. The molecule has 2 aromatic rings. The summed E-state index contributed by atoms with van der Waals surface area (Å²) in [6.45, 7) is -0.247. The maximum absolute atomic E-state index is 13.1. The molecule has 4 bridgehead atoms. The highest BCUT2D eigenvalue weighted by molar-refractivity contribution is 6.35. The third-order valence-electron chi connectivity index (χ3n) is 7.79. The van der Waals surface area contributed by atoms with E-state index in [0.29, 0.717) is 30.0 Å². The van der Waals surface area contributed by atoms with E-state index in [0.717, 1.165) is 34.4 Å². The number of aliphatic hydroxyl groups is 2. The molecule has 1 atom stereocenters. The highest BCUT2D eigenvalue weighted by Gasteiger charge is 2.51. The van der Waals surface area contributed by atoms with Crippen molar-refractivity contribution in [2.75, 3.05) is 11.9 Å². The van der Waals surface area contributed by atoms with Crippen molar-refractivity contribution in [2.24, 2.45) is 23.2 Å². The minimum absolute atomic E-state index is 0. The highest BCUT2D eigenvalue weighted by Crippen LogP contribution is 2.61. The molecule has 4 aliphatic rings. The molecule has 0 radical (unpaired) electrons. The third kappa shape index (κ3) is 4.77. The Hall–Kier alpha value is -1.40. The van der Waals surface area contributed by atoms with Crippen molar-refractivity contribution in [3.8, 4) is 0 Å². The van der Waals surface area contributed by atoms with Crippen LogP contribution in [-0.4, -0.2) is 33.8 Å². The average Bonchev–Trinajstić information content (AvgIpc) is 2.72. The zero-order valence-electron chi connectivity index (χ0n) is 18.2. The van der Waals surface area contributed by atoms with Crippen LogP contribution in [0.3, 0.4) is 0 Å². The molecular formula is C25H32Cl2N2O3. The van der Waals surface area contributed by atoms with Gasteiger partial charge < -0.3 is 15.5 Å². The van der Waals surface area contributed by atoms with Gasteiger partial charge in [0.2, 0.25) is 5.91 Å². The smallest absolute Gasteiger partial charge is 0.224 e. The molecule has 0 spiro atoms. The standard InChI is InChI=1S/C25H31ClN2O3.ClH/c26-21-5-6-22-20(4-2-18(27-22)1-3-19(30)14-29)24(21)28-23(31)13-25-10-15-7-16(11-25)9-17(8-15)12-25;/h2,4-6,15-17,19,29-30H,1,3,7-14H2,(H,28,31);1H. The second-order valence-corrected chi connectivity index (χ2v) is 10.7. The molecule has 1 amide bonds. The van der Waals surface area contributed by atoms with Crippen molar-refractivity contribution in [1.82, 2.24) is 4.98 Å². The number of halogens is 2. The Morgan fingerprint density at radius 2 is 1.78 bits per heavy atom. The van der Waals surface area contributed by atoms with Gasteiger partial charge in [0.1, 0.15) is 0 Å². The molecule has 5 nitrogen and oxygen atoms in total. The second kappa shape index (κ2) is 9.46. The molecule has 7 heteroatoms. The Morgan fingerprint density at radius 3 is 2.41 bits per heavy atom. The number of aryl methyl sites for hydroxylation is 1.